The van der Waals surface area contributed by atoms with E-state index in [1.54, 1.807) is 0 Å². The van der Waals surface area contributed by atoms with Crippen molar-refractivity contribution in [3.05, 3.63) is 24.4 Å². The van der Waals surface area contributed by atoms with E-state index in [2.05, 4.69) is 27.8 Å². The van der Waals surface area contributed by atoms with Crippen LogP contribution >= 0.6 is 15.9 Å². The molecule has 2 heteroatoms. The van der Waals surface area contributed by atoms with Crippen LogP contribution in [0.1, 0.15) is 6.92 Å². The van der Waals surface area contributed by atoms with E-state index in [1.807, 2.05) is 43.3 Å². The van der Waals surface area contributed by atoms with Gasteiger partial charge in [0.15, 0.2) is 4.45 Å². The summed E-state index contributed by atoms with van der Waals surface area (Å²) in [6.45, 7) is 1.84. The van der Waals surface area contributed by atoms with Crippen LogP contribution in [-0.4, -0.2) is 16.4 Å². The largest absolute Gasteiger partial charge is 0.353 e. The number of hydrogen-bond acceptors (Lipinski definition) is 1. The third kappa shape index (κ3) is 1.66. The van der Waals surface area contributed by atoms with Gasteiger partial charge in [0, 0.05) is 13.2 Å². The summed E-state index contributed by atoms with van der Waals surface area (Å²) < 4.78 is -0.295. The molecule has 0 fully saturated rings. The van der Waals surface area contributed by atoms with E-state index in [0.717, 1.165) is 0 Å². The van der Waals surface area contributed by atoms with Gasteiger partial charge in [0.25, 0.3) is 0 Å². The summed E-state index contributed by atoms with van der Waals surface area (Å²) >= 11 is 3.54. The molecule has 0 spiro atoms. The molecular weight excluding hydrogens is 202 g/mol. The van der Waals surface area contributed by atoms with Gasteiger partial charge in [-0.3, -0.25) is 0 Å². The van der Waals surface area contributed by atoms with E-state index in [-0.39, 0.29) is 4.45 Å². The number of hydrogen-bond donors (Lipinski definition) is 0. The number of rotatable bonds is 0. The van der Waals surface area contributed by atoms with Crippen LogP contribution < -0.4 is 0 Å². The summed E-state index contributed by atoms with van der Waals surface area (Å²) in [6.07, 6.45) is 7.97. The molecule has 0 saturated carbocycles. The second-order valence-corrected chi connectivity index (χ2v) is 3.57. The Kier molecular flexibility index (Phi) is 2.41. The first kappa shape index (κ1) is 8.42. The van der Waals surface area contributed by atoms with E-state index >= 15 is 0 Å². The minimum atomic E-state index is -0.295. The molecule has 1 atom stereocenters. The van der Waals surface area contributed by atoms with Crippen LogP contribution in [0.25, 0.3) is 0 Å². The van der Waals surface area contributed by atoms with Crippen molar-refractivity contribution in [1.82, 2.24) is 4.90 Å². The third-order valence-corrected chi connectivity index (χ3v) is 2.57. The maximum absolute atomic E-state index is 3.54. The molecule has 0 radical (unpaired) electrons. The van der Waals surface area contributed by atoms with Crippen molar-refractivity contribution < 1.29 is 0 Å². The molecule has 58 valence electrons. The van der Waals surface area contributed by atoms with Crippen LogP contribution in [0.5, 0.6) is 0 Å². The Hall–Kier alpha value is -0.680. The van der Waals surface area contributed by atoms with Gasteiger partial charge in [-0.2, -0.15) is 0 Å². The van der Waals surface area contributed by atoms with E-state index in [4.69, 9.17) is 0 Å². The lowest BCUT2D eigenvalue weighted by Gasteiger charge is -2.30. The molecule has 1 nitrogen and oxygen atoms in total. The average molecular weight is 212 g/mol. The highest BCUT2D eigenvalue weighted by molar-refractivity contribution is 9.10. The second kappa shape index (κ2) is 3.15. The van der Waals surface area contributed by atoms with Crippen LogP contribution in [0.3, 0.4) is 0 Å². The first-order valence-corrected chi connectivity index (χ1v) is 4.20. The fraction of sp³-hybridized carbons (Fsp3) is 0.333. The second-order valence-electron chi connectivity index (χ2n) is 2.36. The molecule has 0 amide bonds. The molecular formula is C9H10BrN. The summed E-state index contributed by atoms with van der Waals surface area (Å²) in [5, 5.41) is 0. The molecule has 0 bridgehead atoms. The van der Waals surface area contributed by atoms with Crippen LogP contribution in [-0.2, 0) is 0 Å². The minimum Gasteiger partial charge on any atom is -0.353 e. The summed E-state index contributed by atoms with van der Waals surface area (Å²) in [5.41, 5.74) is 0. The van der Waals surface area contributed by atoms with Gasteiger partial charge in [-0.05, 0) is 35.0 Å². The lowest BCUT2D eigenvalue weighted by molar-refractivity contribution is 0.418. The third-order valence-electron chi connectivity index (χ3n) is 1.55. The van der Waals surface area contributed by atoms with Crippen LogP contribution in [0.4, 0.5) is 0 Å². The summed E-state index contributed by atoms with van der Waals surface area (Å²) in [4.78, 5) is 2.02. The Bertz CT molecular complexity index is 256. The zero-order valence-corrected chi connectivity index (χ0v) is 8.22. The zero-order valence-electron chi connectivity index (χ0n) is 6.63. The van der Waals surface area contributed by atoms with E-state index < -0.39 is 0 Å². The predicted molar refractivity (Wildman–Crippen MR) is 51.2 cm³/mol. The Labute approximate surface area is 75.9 Å². The molecule has 0 saturated heterocycles. The van der Waals surface area contributed by atoms with E-state index in [0.29, 0.717) is 0 Å². The molecule has 0 N–H and O–H groups in total. The standard InChI is InChI=1S/C9H10BrN/c1-3-6-9(10)7-4-5-8-11(9)2/h4-5,7-8H,1-2H3. The first-order chi connectivity index (χ1) is 5.19. The van der Waals surface area contributed by atoms with Gasteiger partial charge in [-0.15, -0.1) is 5.92 Å². The number of nitrogens with zero attached hydrogens (tertiary/aromatic N) is 1. The molecule has 0 aliphatic carbocycles. The molecule has 1 unspecified atom stereocenters. The Morgan fingerprint density at radius 1 is 1.45 bits per heavy atom. The molecule has 11 heavy (non-hydrogen) atoms. The van der Waals surface area contributed by atoms with Crippen LogP contribution in [0.2, 0.25) is 0 Å². The normalized spacial score (nSPS) is 28.1. The van der Waals surface area contributed by atoms with Crippen molar-refractivity contribution >= 4 is 15.9 Å². The highest BCUT2D eigenvalue weighted by Crippen LogP contribution is 2.25. The van der Waals surface area contributed by atoms with Crippen molar-refractivity contribution in [3.8, 4) is 11.8 Å². The summed E-state index contributed by atoms with van der Waals surface area (Å²) in [6, 6.07) is 0. The van der Waals surface area contributed by atoms with Crippen molar-refractivity contribution in [2.45, 2.75) is 11.4 Å². The predicted octanol–water partition coefficient (Wildman–Crippen LogP) is 2.12. The van der Waals surface area contributed by atoms with Crippen molar-refractivity contribution in [2.75, 3.05) is 7.05 Å². The summed E-state index contributed by atoms with van der Waals surface area (Å²) in [7, 11) is 1.99. The van der Waals surface area contributed by atoms with Crippen molar-refractivity contribution in [2.24, 2.45) is 0 Å². The summed E-state index contributed by atoms with van der Waals surface area (Å²) in [5.74, 6) is 5.95. The van der Waals surface area contributed by atoms with Gasteiger partial charge >= 0.3 is 0 Å². The van der Waals surface area contributed by atoms with Crippen LogP contribution in [0.15, 0.2) is 24.4 Å². The number of halogens is 1. The molecule has 1 aliphatic rings. The fourth-order valence-corrected chi connectivity index (χ4v) is 1.36. The van der Waals surface area contributed by atoms with Gasteiger partial charge in [0.2, 0.25) is 0 Å². The first-order valence-electron chi connectivity index (χ1n) is 3.41. The van der Waals surface area contributed by atoms with Gasteiger partial charge in [-0.1, -0.05) is 12.0 Å². The smallest absolute Gasteiger partial charge is 0.176 e. The minimum absolute atomic E-state index is 0.295. The Morgan fingerprint density at radius 3 is 2.73 bits per heavy atom. The fourth-order valence-electron chi connectivity index (χ4n) is 0.893. The monoisotopic (exact) mass is 211 g/mol. The lowest BCUT2D eigenvalue weighted by atomic mass is 10.2. The topological polar surface area (TPSA) is 3.24 Å². The molecule has 1 heterocycles. The van der Waals surface area contributed by atoms with Crippen LogP contribution in [0, 0.1) is 11.8 Å². The van der Waals surface area contributed by atoms with E-state index in [9.17, 15) is 0 Å². The number of likely N-dealkylation sites (N-methyl/N-ethyl adjacent to an activating group) is 1. The maximum atomic E-state index is 3.54. The van der Waals surface area contributed by atoms with Gasteiger partial charge in [0.05, 0.1) is 0 Å². The van der Waals surface area contributed by atoms with E-state index in [1.165, 1.54) is 0 Å². The lowest BCUT2D eigenvalue weighted by Crippen LogP contribution is -2.35. The van der Waals surface area contributed by atoms with Crippen molar-refractivity contribution in [3.63, 3.8) is 0 Å². The number of allylic oxidation sites excluding steroid dienone is 2. The molecule has 0 aromatic heterocycles. The molecule has 0 aromatic carbocycles. The zero-order chi connectivity index (χ0) is 8.32. The molecule has 0 aromatic rings. The Balaban J connectivity index is 2.91. The molecule has 1 aliphatic heterocycles. The highest BCUT2D eigenvalue weighted by atomic mass is 79.9. The van der Waals surface area contributed by atoms with Crippen molar-refractivity contribution in [1.29, 1.82) is 0 Å². The number of alkyl halides is 1. The Morgan fingerprint density at radius 2 is 2.18 bits per heavy atom. The SMILES string of the molecule is CC#CC1(Br)C=CC=CN1C. The quantitative estimate of drug-likeness (QED) is 0.337. The maximum Gasteiger partial charge on any atom is 0.176 e. The average Bonchev–Trinajstić information content (AvgIpc) is 1.96. The highest BCUT2D eigenvalue weighted by Gasteiger charge is 2.24. The van der Waals surface area contributed by atoms with Gasteiger partial charge in [0.1, 0.15) is 0 Å². The van der Waals surface area contributed by atoms with Gasteiger partial charge in [-0.25, -0.2) is 0 Å². The van der Waals surface area contributed by atoms with Gasteiger partial charge < -0.3 is 4.90 Å². The molecule has 1 rings (SSSR count).